The summed E-state index contributed by atoms with van der Waals surface area (Å²) in [6.07, 6.45) is -2.17. The Kier molecular flexibility index (Phi) is 6.18. The van der Waals surface area contributed by atoms with Gasteiger partial charge in [0, 0.05) is 28.0 Å². The van der Waals surface area contributed by atoms with Crippen molar-refractivity contribution in [1.82, 2.24) is 19.6 Å². The summed E-state index contributed by atoms with van der Waals surface area (Å²) < 4.78 is 40.6. The average molecular weight is 488 g/mol. The van der Waals surface area contributed by atoms with Gasteiger partial charge >= 0.3 is 6.18 Å². The van der Waals surface area contributed by atoms with E-state index in [1.807, 2.05) is 20.1 Å². The van der Waals surface area contributed by atoms with Gasteiger partial charge in [-0.15, -0.1) is 5.10 Å². The van der Waals surface area contributed by atoms with Crippen LogP contribution in [0.25, 0.3) is 5.78 Å². The van der Waals surface area contributed by atoms with Crippen LogP contribution in [0.15, 0.2) is 27.8 Å². The topological polar surface area (TPSA) is 72.2 Å². The molecule has 11 heteroatoms. The largest absolute Gasteiger partial charge is 0.417 e. The first-order valence-corrected chi connectivity index (χ1v) is 10.6. The Morgan fingerprint density at radius 2 is 2.00 bits per heavy atom. The predicted molar refractivity (Wildman–Crippen MR) is 108 cm³/mol. The molecule has 0 aliphatic carbocycles. The number of hydrogen-bond donors (Lipinski definition) is 1. The first-order chi connectivity index (χ1) is 13.6. The monoisotopic (exact) mass is 487 g/mol. The van der Waals surface area contributed by atoms with Crippen molar-refractivity contribution < 1.29 is 18.0 Å². The summed E-state index contributed by atoms with van der Waals surface area (Å²) in [7, 11) is 0. The molecule has 0 saturated heterocycles. The molecule has 6 nitrogen and oxygen atoms in total. The number of rotatable bonds is 5. The van der Waals surface area contributed by atoms with Crippen LogP contribution in [0.3, 0.4) is 0 Å². The molecular formula is C18H17BrF3N5OS. The number of carbonyl (C=O) groups is 1. The second-order valence-corrected chi connectivity index (χ2v) is 7.94. The highest BCUT2D eigenvalue weighted by Crippen LogP contribution is 2.36. The first-order valence-electron chi connectivity index (χ1n) is 8.53. The molecule has 0 atom stereocenters. The van der Waals surface area contributed by atoms with E-state index in [-0.39, 0.29) is 22.5 Å². The number of alkyl halides is 3. The van der Waals surface area contributed by atoms with Crippen LogP contribution in [-0.2, 0) is 17.4 Å². The summed E-state index contributed by atoms with van der Waals surface area (Å²) in [5, 5.41) is 7.49. The minimum atomic E-state index is -4.51. The van der Waals surface area contributed by atoms with Crippen LogP contribution in [0.1, 0.15) is 28.9 Å². The van der Waals surface area contributed by atoms with Gasteiger partial charge in [-0.05, 0) is 50.3 Å². The lowest BCUT2D eigenvalue weighted by Gasteiger charge is -2.13. The van der Waals surface area contributed by atoms with Crippen LogP contribution < -0.4 is 5.32 Å². The van der Waals surface area contributed by atoms with Gasteiger partial charge in [-0.25, -0.2) is 9.50 Å². The van der Waals surface area contributed by atoms with E-state index >= 15 is 0 Å². The van der Waals surface area contributed by atoms with Gasteiger partial charge in [0.25, 0.3) is 5.78 Å². The smallest absolute Gasteiger partial charge is 0.326 e. The molecule has 0 radical (unpaired) electrons. The van der Waals surface area contributed by atoms with Crippen LogP contribution >= 0.6 is 27.7 Å². The number of fused-ring (bicyclic) bond motifs is 1. The maximum Gasteiger partial charge on any atom is 0.417 e. The summed E-state index contributed by atoms with van der Waals surface area (Å²) in [6.45, 7) is 3.70. The molecule has 1 N–H and O–H groups in total. The number of amides is 1. The van der Waals surface area contributed by atoms with Crippen molar-refractivity contribution >= 4 is 45.1 Å². The van der Waals surface area contributed by atoms with Gasteiger partial charge in [-0.2, -0.15) is 18.2 Å². The SMILES string of the molecule is CSc1nc2nc(C)c(CCC(=O)Nc3ccc(Br)c(C(F)(F)F)c3)c(C)n2n1. The third kappa shape index (κ3) is 4.72. The predicted octanol–water partition coefficient (Wildman–Crippen LogP) is 4.82. The number of anilines is 1. The third-order valence-electron chi connectivity index (χ3n) is 4.37. The lowest BCUT2D eigenvalue weighted by atomic mass is 10.1. The van der Waals surface area contributed by atoms with Gasteiger partial charge in [0.1, 0.15) is 0 Å². The summed E-state index contributed by atoms with van der Waals surface area (Å²) in [4.78, 5) is 21.0. The zero-order valence-corrected chi connectivity index (χ0v) is 18.2. The van der Waals surface area contributed by atoms with Gasteiger partial charge in [0.15, 0.2) is 0 Å². The Morgan fingerprint density at radius 1 is 1.28 bits per heavy atom. The van der Waals surface area contributed by atoms with E-state index in [1.54, 1.807) is 4.52 Å². The molecule has 0 fully saturated rings. The van der Waals surface area contributed by atoms with Gasteiger partial charge in [-0.3, -0.25) is 4.79 Å². The normalized spacial score (nSPS) is 11.8. The molecule has 1 amide bonds. The van der Waals surface area contributed by atoms with E-state index in [0.717, 1.165) is 23.0 Å². The summed E-state index contributed by atoms with van der Waals surface area (Å²) in [5.74, 6) is 0.106. The van der Waals surface area contributed by atoms with Crippen molar-refractivity contribution in [2.24, 2.45) is 0 Å². The van der Waals surface area contributed by atoms with E-state index < -0.39 is 11.7 Å². The van der Waals surface area contributed by atoms with E-state index in [1.165, 1.54) is 23.9 Å². The lowest BCUT2D eigenvalue weighted by molar-refractivity contribution is -0.138. The minimum Gasteiger partial charge on any atom is -0.326 e. The Bertz CT molecular complexity index is 1080. The van der Waals surface area contributed by atoms with Gasteiger partial charge in [-0.1, -0.05) is 27.7 Å². The number of benzene rings is 1. The number of hydrogen-bond acceptors (Lipinski definition) is 5. The lowest BCUT2D eigenvalue weighted by Crippen LogP contribution is -2.15. The minimum absolute atomic E-state index is 0.0777. The van der Waals surface area contributed by atoms with Crippen molar-refractivity contribution in [2.75, 3.05) is 11.6 Å². The first kappa shape index (κ1) is 21.6. The van der Waals surface area contributed by atoms with Crippen molar-refractivity contribution in [3.8, 4) is 0 Å². The van der Waals surface area contributed by atoms with E-state index in [2.05, 4.69) is 36.3 Å². The number of aromatic nitrogens is 4. The molecular weight excluding hydrogens is 471 g/mol. The van der Waals surface area contributed by atoms with E-state index in [4.69, 9.17) is 0 Å². The highest BCUT2D eigenvalue weighted by atomic mass is 79.9. The highest BCUT2D eigenvalue weighted by molar-refractivity contribution is 9.10. The number of nitrogens with zero attached hydrogens (tertiary/aromatic N) is 4. The Hall–Kier alpha value is -2.14. The van der Waals surface area contributed by atoms with Crippen LogP contribution in [0.4, 0.5) is 18.9 Å². The molecule has 3 aromatic rings. The fraction of sp³-hybridized carbons (Fsp3) is 0.333. The molecule has 0 aliphatic rings. The Morgan fingerprint density at radius 3 is 2.66 bits per heavy atom. The quantitative estimate of drug-likeness (QED) is 0.522. The maximum atomic E-state index is 13.0. The van der Waals surface area contributed by atoms with E-state index in [0.29, 0.717) is 17.4 Å². The number of carbonyl (C=O) groups excluding carboxylic acids is 1. The Labute approximate surface area is 177 Å². The molecule has 3 rings (SSSR count). The fourth-order valence-corrected chi connectivity index (χ4v) is 3.73. The Balaban J connectivity index is 1.74. The highest BCUT2D eigenvalue weighted by Gasteiger charge is 2.33. The van der Waals surface area contributed by atoms with Crippen molar-refractivity contribution in [1.29, 1.82) is 0 Å². The van der Waals surface area contributed by atoms with Gasteiger partial charge < -0.3 is 5.32 Å². The zero-order valence-electron chi connectivity index (χ0n) is 15.8. The molecule has 154 valence electrons. The second kappa shape index (κ2) is 8.31. The van der Waals surface area contributed by atoms with Crippen LogP contribution in [-0.4, -0.2) is 31.7 Å². The van der Waals surface area contributed by atoms with Gasteiger partial charge in [0.2, 0.25) is 11.1 Å². The van der Waals surface area contributed by atoms with Crippen LogP contribution in [0.2, 0.25) is 0 Å². The van der Waals surface area contributed by atoms with Gasteiger partial charge in [0.05, 0.1) is 5.56 Å². The average Bonchev–Trinajstić information content (AvgIpc) is 3.05. The summed E-state index contributed by atoms with van der Waals surface area (Å²) in [5.41, 5.74) is 1.68. The number of halogens is 4. The van der Waals surface area contributed by atoms with E-state index in [9.17, 15) is 18.0 Å². The van der Waals surface area contributed by atoms with Crippen molar-refractivity contribution in [2.45, 2.75) is 38.0 Å². The third-order valence-corrected chi connectivity index (χ3v) is 5.60. The number of nitrogens with one attached hydrogen (secondary N) is 1. The fourth-order valence-electron chi connectivity index (χ4n) is 2.92. The molecule has 29 heavy (non-hydrogen) atoms. The van der Waals surface area contributed by atoms with Crippen molar-refractivity contribution in [3.05, 3.63) is 45.2 Å². The molecule has 0 bridgehead atoms. The molecule has 0 spiro atoms. The number of thioether (sulfide) groups is 1. The number of aryl methyl sites for hydroxylation is 2. The molecule has 0 unspecified atom stereocenters. The standard InChI is InChI=1S/C18H17BrF3N5OS/c1-9-12(10(2)27-16(23-9)25-17(26-27)29-3)5-7-15(28)24-11-4-6-14(19)13(8-11)18(20,21)22/h4,6,8H,5,7H2,1-3H3,(H,24,28). The van der Waals surface area contributed by atoms with Crippen LogP contribution in [0.5, 0.6) is 0 Å². The molecule has 2 heterocycles. The molecule has 2 aromatic heterocycles. The molecule has 0 saturated carbocycles. The summed E-state index contributed by atoms with van der Waals surface area (Å²) in [6, 6.07) is 3.59. The summed E-state index contributed by atoms with van der Waals surface area (Å²) >= 11 is 4.29. The maximum absolute atomic E-state index is 13.0. The molecule has 0 aliphatic heterocycles. The molecule has 1 aromatic carbocycles. The van der Waals surface area contributed by atoms with Crippen LogP contribution in [0, 0.1) is 13.8 Å². The second-order valence-electron chi connectivity index (χ2n) is 6.31. The van der Waals surface area contributed by atoms with Crippen molar-refractivity contribution in [3.63, 3.8) is 0 Å². The zero-order chi connectivity index (χ0) is 21.3.